The number of hydrogen-bond acceptors (Lipinski definition) is 2. The quantitative estimate of drug-likeness (QED) is 0.659. The number of aromatic nitrogens is 1. The van der Waals surface area contributed by atoms with E-state index in [9.17, 15) is 0 Å². The van der Waals surface area contributed by atoms with Crippen LogP contribution >= 0.6 is 15.9 Å². The van der Waals surface area contributed by atoms with E-state index in [0.717, 1.165) is 11.0 Å². The van der Waals surface area contributed by atoms with Crippen LogP contribution in [0.1, 0.15) is 64.0 Å². The first-order chi connectivity index (χ1) is 8.77. The lowest BCUT2D eigenvalue weighted by Crippen LogP contribution is -2.22. The van der Waals surface area contributed by atoms with Crippen molar-refractivity contribution in [2.45, 2.75) is 58.4 Å². The van der Waals surface area contributed by atoms with Gasteiger partial charge in [-0.2, -0.15) is 0 Å². The van der Waals surface area contributed by atoms with Crippen molar-refractivity contribution < 1.29 is 0 Å². The molecule has 3 heteroatoms. The maximum atomic E-state index is 4.27. The van der Waals surface area contributed by atoms with Crippen molar-refractivity contribution in [1.82, 2.24) is 10.3 Å². The van der Waals surface area contributed by atoms with Gasteiger partial charge in [0, 0.05) is 22.9 Å². The Bertz CT molecular complexity index is 328. The standard InChI is InChI=1S/C15H25BrN2/c1-3-5-6-7-8-15(18-9-4-2)13-10-14(16)12-17-11-13/h10-12,15,18H,3-9H2,1-2H3. The fraction of sp³-hybridized carbons (Fsp3) is 0.667. The molecule has 1 aromatic heterocycles. The van der Waals surface area contributed by atoms with Crippen molar-refractivity contribution in [3.05, 3.63) is 28.5 Å². The fourth-order valence-corrected chi connectivity index (χ4v) is 2.48. The second-order valence-electron chi connectivity index (χ2n) is 4.79. The number of unbranched alkanes of at least 4 members (excludes halogenated alkanes) is 3. The third kappa shape index (κ3) is 5.96. The van der Waals surface area contributed by atoms with Gasteiger partial charge in [0.2, 0.25) is 0 Å². The minimum atomic E-state index is 0.451. The number of pyridine rings is 1. The van der Waals surface area contributed by atoms with E-state index < -0.39 is 0 Å². The topological polar surface area (TPSA) is 24.9 Å². The molecule has 0 fully saturated rings. The highest BCUT2D eigenvalue weighted by molar-refractivity contribution is 9.10. The predicted molar refractivity (Wildman–Crippen MR) is 81.7 cm³/mol. The molecule has 1 heterocycles. The van der Waals surface area contributed by atoms with Crippen LogP contribution in [0.4, 0.5) is 0 Å². The molecule has 0 aromatic carbocycles. The summed E-state index contributed by atoms with van der Waals surface area (Å²) in [4.78, 5) is 4.27. The molecule has 0 radical (unpaired) electrons. The van der Waals surface area contributed by atoms with Crippen molar-refractivity contribution in [2.75, 3.05) is 6.54 Å². The average Bonchev–Trinajstić information content (AvgIpc) is 2.38. The van der Waals surface area contributed by atoms with Crippen molar-refractivity contribution >= 4 is 15.9 Å². The predicted octanol–water partition coefficient (Wildman–Crippen LogP) is 4.86. The van der Waals surface area contributed by atoms with Gasteiger partial charge in [0.25, 0.3) is 0 Å². The first kappa shape index (κ1) is 15.6. The Hall–Kier alpha value is -0.410. The molecule has 0 amide bonds. The summed E-state index contributed by atoms with van der Waals surface area (Å²) in [5.41, 5.74) is 1.30. The molecular weight excluding hydrogens is 288 g/mol. The zero-order valence-electron chi connectivity index (χ0n) is 11.6. The third-order valence-electron chi connectivity index (χ3n) is 3.12. The first-order valence-corrected chi connectivity index (χ1v) is 7.91. The van der Waals surface area contributed by atoms with E-state index in [0.29, 0.717) is 6.04 Å². The zero-order chi connectivity index (χ0) is 13.2. The lowest BCUT2D eigenvalue weighted by molar-refractivity contribution is 0.469. The summed E-state index contributed by atoms with van der Waals surface area (Å²) < 4.78 is 1.07. The summed E-state index contributed by atoms with van der Waals surface area (Å²) >= 11 is 3.50. The summed E-state index contributed by atoms with van der Waals surface area (Å²) in [7, 11) is 0. The average molecular weight is 313 g/mol. The molecule has 2 nitrogen and oxygen atoms in total. The first-order valence-electron chi connectivity index (χ1n) is 7.11. The molecule has 0 saturated heterocycles. The lowest BCUT2D eigenvalue weighted by atomic mass is 10.0. The normalized spacial score (nSPS) is 12.6. The number of halogens is 1. The van der Waals surface area contributed by atoms with E-state index >= 15 is 0 Å². The van der Waals surface area contributed by atoms with Crippen LogP contribution in [0.5, 0.6) is 0 Å². The van der Waals surface area contributed by atoms with Crippen molar-refractivity contribution in [1.29, 1.82) is 0 Å². The molecule has 1 atom stereocenters. The van der Waals surface area contributed by atoms with Gasteiger partial charge in [-0.3, -0.25) is 4.98 Å². The second kappa shape index (κ2) is 9.51. The van der Waals surface area contributed by atoms with Gasteiger partial charge in [-0.25, -0.2) is 0 Å². The molecule has 1 unspecified atom stereocenters. The SMILES string of the molecule is CCCCCCC(NCCC)c1cncc(Br)c1. The number of nitrogens with one attached hydrogen (secondary N) is 1. The number of hydrogen-bond donors (Lipinski definition) is 1. The second-order valence-corrected chi connectivity index (χ2v) is 5.71. The molecule has 1 N–H and O–H groups in total. The summed E-state index contributed by atoms with van der Waals surface area (Å²) in [5, 5.41) is 3.63. The van der Waals surface area contributed by atoms with Gasteiger partial charge in [-0.15, -0.1) is 0 Å². The molecule has 1 rings (SSSR count). The molecule has 0 spiro atoms. The van der Waals surface area contributed by atoms with E-state index in [1.54, 1.807) is 0 Å². The Morgan fingerprint density at radius 1 is 1.17 bits per heavy atom. The molecule has 18 heavy (non-hydrogen) atoms. The summed E-state index contributed by atoms with van der Waals surface area (Å²) in [6.45, 7) is 5.54. The molecule has 0 aliphatic carbocycles. The molecule has 102 valence electrons. The molecule has 0 aliphatic heterocycles. The van der Waals surface area contributed by atoms with E-state index in [4.69, 9.17) is 0 Å². The Balaban J connectivity index is 2.54. The Labute approximate surface area is 120 Å². The highest BCUT2D eigenvalue weighted by atomic mass is 79.9. The number of rotatable bonds is 9. The molecule has 1 aromatic rings. The Morgan fingerprint density at radius 2 is 2.00 bits per heavy atom. The van der Waals surface area contributed by atoms with Gasteiger partial charge in [0.05, 0.1) is 0 Å². The minimum absolute atomic E-state index is 0.451. The van der Waals surface area contributed by atoms with E-state index in [1.165, 1.54) is 44.1 Å². The van der Waals surface area contributed by atoms with Crippen molar-refractivity contribution in [2.24, 2.45) is 0 Å². The summed E-state index contributed by atoms with van der Waals surface area (Å²) in [6, 6.07) is 2.63. The summed E-state index contributed by atoms with van der Waals surface area (Å²) in [5.74, 6) is 0. The van der Waals surface area contributed by atoms with E-state index in [-0.39, 0.29) is 0 Å². The van der Waals surface area contributed by atoms with Crippen LogP contribution in [-0.4, -0.2) is 11.5 Å². The lowest BCUT2D eigenvalue weighted by Gasteiger charge is -2.18. The van der Waals surface area contributed by atoms with Crippen LogP contribution in [0.25, 0.3) is 0 Å². The number of nitrogens with zero attached hydrogens (tertiary/aromatic N) is 1. The van der Waals surface area contributed by atoms with Gasteiger partial charge in [-0.05, 0) is 46.9 Å². The fourth-order valence-electron chi connectivity index (χ4n) is 2.10. The van der Waals surface area contributed by atoms with Gasteiger partial charge < -0.3 is 5.32 Å². The van der Waals surface area contributed by atoms with Gasteiger partial charge in [-0.1, -0.05) is 39.5 Å². The molecular formula is C15H25BrN2. The molecule has 0 aliphatic rings. The minimum Gasteiger partial charge on any atom is -0.310 e. The van der Waals surface area contributed by atoms with Crippen molar-refractivity contribution in [3.63, 3.8) is 0 Å². The maximum Gasteiger partial charge on any atom is 0.0410 e. The summed E-state index contributed by atoms with van der Waals surface area (Å²) in [6.07, 6.45) is 11.5. The van der Waals surface area contributed by atoms with E-state index in [2.05, 4.69) is 46.1 Å². The van der Waals surface area contributed by atoms with E-state index in [1.807, 2.05) is 12.4 Å². The van der Waals surface area contributed by atoms with Crippen LogP contribution < -0.4 is 5.32 Å². The Kier molecular flexibility index (Phi) is 8.27. The highest BCUT2D eigenvalue weighted by Gasteiger charge is 2.10. The maximum absolute atomic E-state index is 4.27. The molecule has 0 bridgehead atoms. The van der Waals surface area contributed by atoms with Crippen LogP contribution in [0.3, 0.4) is 0 Å². The largest absolute Gasteiger partial charge is 0.310 e. The van der Waals surface area contributed by atoms with Crippen LogP contribution in [0.15, 0.2) is 22.9 Å². The van der Waals surface area contributed by atoms with Gasteiger partial charge in [0.15, 0.2) is 0 Å². The van der Waals surface area contributed by atoms with Gasteiger partial charge >= 0.3 is 0 Å². The monoisotopic (exact) mass is 312 g/mol. The van der Waals surface area contributed by atoms with Crippen LogP contribution in [0, 0.1) is 0 Å². The van der Waals surface area contributed by atoms with Crippen LogP contribution in [0.2, 0.25) is 0 Å². The smallest absolute Gasteiger partial charge is 0.0410 e. The van der Waals surface area contributed by atoms with Crippen molar-refractivity contribution in [3.8, 4) is 0 Å². The third-order valence-corrected chi connectivity index (χ3v) is 3.55. The van der Waals surface area contributed by atoms with Gasteiger partial charge in [0.1, 0.15) is 0 Å². The zero-order valence-corrected chi connectivity index (χ0v) is 13.2. The Morgan fingerprint density at radius 3 is 2.67 bits per heavy atom. The van der Waals surface area contributed by atoms with Crippen LogP contribution in [-0.2, 0) is 0 Å². The highest BCUT2D eigenvalue weighted by Crippen LogP contribution is 2.22. The molecule has 0 saturated carbocycles.